The maximum absolute atomic E-state index is 13.8. The molecule has 2 aliphatic heterocycles. The zero-order chi connectivity index (χ0) is 27.2. The highest BCUT2D eigenvalue weighted by molar-refractivity contribution is 6.31. The van der Waals surface area contributed by atoms with Crippen LogP contribution in [0.5, 0.6) is 0 Å². The van der Waals surface area contributed by atoms with Crippen molar-refractivity contribution in [3.8, 4) is 0 Å². The van der Waals surface area contributed by atoms with Gasteiger partial charge in [0.05, 0.1) is 0 Å². The van der Waals surface area contributed by atoms with Crippen molar-refractivity contribution in [2.24, 2.45) is 11.3 Å². The second-order valence-corrected chi connectivity index (χ2v) is 12.5. The van der Waals surface area contributed by atoms with Crippen LogP contribution in [0.15, 0.2) is 24.3 Å². The number of aliphatic carboxylic acids is 1. The zero-order valence-electron chi connectivity index (χ0n) is 21.8. The number of nitrogens with zero attached hydrogens (tertiary/aromatic N) is 1. The molecule has 3 aliphatic rings. The minimum Gasteiger partial charge on any atom is -0.480 e. The first kappa shape index (κ1) is 26.5. The van der Waals surface area contributed by atoms with Gasteiger partial charge in [-0.15, -0.1) is 0 Å². The van der Waals surface area contributed by atoms with Crippen molar-refractivity contribution in [1.29, 1.82) is 0 Å². The number of carboxylic acids is 1. The van der Waals surface area contributed by atoms with Crippen molar-refractivity contribution >= 4 is 46.2 Å². The van der Waals surface area contributed by atoms with Gasteiger partial charge in [0, 0.05) is 33.9 Å². The Morgan fingerprint density at radius 2 is 1.89 bits per heavy atom. The molecule has 4 N–H and O–H groups in total. The number of aromatic nitrogens is 1. The molecule has 1 aromatic heterocycles. The first-order valence-electron chi connectivity index (χ1n) is 13.4. The first-order valence-corrected chi connectivity index (χ1v) is 13.8. The van der Waals surface area contributed by atoms with Crippen LogP contribution >= 0.6 is 11.6 Å². The fourth-order valence-corrected chi connectivity index (χ4v) is 6.87. The van der Waals surface area contributed by atoms with Gasteiger partial charge >= 0.3 is 5.97 Å². The maximum atomic E-state index is 13.8. The van der Waals surface area contributed by atoms with Gasteiger partial charge in [0.25, 0.3) is 5.91 Å². The van der Waals surface area contributed by atoms with Crippen LogP contribution in [0.25, 0.3) is 10.9 Å². The van der Waals surface area contributed by atoms with Gasteiger partial charge < -0.3 is 25.6 Å². The van der Waals surface area contributed by atoms with Gasteiger partial charge in [0.1, 0.15) is 17.8 Å². The zero-order valence-corrected chi connectivity index (χ0v) is 22.6. The quantitative estimate of drug-likeness (QED) is 0.440. The summed E-state index contributed by atoms with van der Waals surface area (Å²) in [6, 6.07) is 5.10. The van der Waals surface area contributed by atoms with Gasteiger partial charge in [0.2, 0.25) is 11.8 Å². The third-order valence-corrected chi connectivity index (χ3v) is 8.76. The standard InChI is InChI=1S/C28H35ClN4O5/c1-27(2)13-17(23(34)32-27)11-21(26(37)38)31-24(35)22-14-28(8-4-3-5-9-28)15-33(22)25(36)20-10-16-6-7-18(29)12-19(16)30-20/h6-7,10,12,17,21-22,30H,3-5,8-9,11,13-15H2,1-2H3,(H,31,35)(H,32,34)(H,37,38)/t17-,21?,22+/m1/s1. The summed E-state index contributed by atoms with van der Waals surface area (Å²) in [7, 11) is 0. The molecule has 0 bridgehead atoms. The number of H-pyrrole nitrogens is 1. The lowest BCUT2D eigenvalue weighted by atomic mass is 9.72. The van der Waals surface area contributed by atoms with Crippen LogP contribution in [0, 0.1) is 11.3 Å². The Hall–Kier alpha value is -3.07. The molecule has 10 heteroatoms. The summed E-state index contributed by atoms with van der Waals surface area (Å²) in [5, 5.41) is 16.9. The van der Waals surface area contributed by atoms with Crippen LogP contribution in [0.1, 0.15) is 75.7 Å². The molecule has 2 aromatic rings. The van der Waals surface area contributed by atoms with E-state index >= 15 is 0 Å². The summed E-state index contributed by atoms with van der Waals surface area (Å²) in [5.74, 6) is -2.66. The highest BCUT2D eigenvalue weighted by atomic mass is 35.5. The van der Waals surface area contributed by atoms with E-state index in [0.717, 1.165) is 43.0 Å². The minimum atomic E-state index is -1.22. The summed E-state index contributed by atoms with van der Waals surface area (Å²) < 4.78 is 0. The maximum Gasteiger partial charge on any atom is 0.326 e. The van der Waals surface area contributed by atoms with Crippen LogP contribution in [0.2, 0.25) is 5.02 Å². The molecule has 3 amide bonds. The monoisotopic (exact) mass is 542 g/mol. The Balaban J connectivity index is 1.38. The van der Waals surface area contributed by atoms with E-state index in [1.54, 1.807) is 23.1 Å². The van der Waals surface area contributed by atoms with Gasteiger partial charge in [-0.25, -0.2) is 4.79 Å². The number of carbonyl (C=O) groups excluding carboxylic acids is 3. The highest BCUT2D eigenvalue weighted by Gasteiger charge is 2.50. The predicted octanol–water partition coefficient (Wildman–Crippen LogP) is 3.86. The molecule has 3 fully saturated rings. The van der Waals surface area contributed by atoms with Crippen LogP contribution < -0.4 is 10.6 Å². The summed E-state index contributed by atoms with van der Waals surface area (Å²) in [6.07, 6.45) is 6.09. The second-order valence-electron chi connectivity index (χ2n) is 12.0. The predicted molar refractivity (Wildman–Crippen MR) is 143 cm³/mol. The fourth-order valence-electron chi connectivity index (χ4n) is 6.70. The summed E-state index contributed by atoms with van der Waals surface area (Å²) >= 11 is 6.11. The second kappa shape index (κ2) is 9.91. The van der Waals surface area contributed by atoms with Crippen LogP contribution in [0.3, 0.4) is 0 Å². The summed E-state index contributed by atoms with van der Waals surface area (Å²) in [5.41, 5.74) is 0.532. The Kier molecular flexibility index (Phi) is 6.92. The number of hydrogen-bond acceptors (Lipinski definition) is 4. The van der Waals surface area contributed by atoms with Crippen molar-refractivity contribution < 1.29 is 24.3 Å². The molecule has 204 valence electrons. The van der Waals surface area contributed by atoms with Gasteiger partial charge in [-0.1, -0.05) is 36.9 Å². The summed E-state index contributed by atoms with van der Waals surface area (Å²) in [4.78, 5) is 56.7. The van der Waals surface area contributed by atoms with E-state index in [9.17, 15) is 24.3 Å². The van der Waals surface area contributed by atoms with E-state index in [0.29, 0.717) is 30.1 Å². The number of carboxylic acid groups (broad SMARTS) is 1. The van der Waals surface area contributed by atoms with Crippen molar-refractivity contribution in [3.63, 3.8) is 0 Å². The minimum absolute atomic E-state index is 0.00488. The number of halogens is 1. The van der Waals surface area contributed by atoms with Crippen molar-refractivity contribution in [1.82, 2.24) is 20.5 Å². The first-order chi connectivity index (χ1) is 18.0. The Morgan fingerprint density at radius 3 is 2.55 bits per heavy atom. The number of aromatic amines is 1. The van der Waals surface area contributed by atoms with Crippen molar-refractivity contribution in [2.45, 2.75) is 82.8 Å². The summed E-state index contributed by atoms with van der Waals surface area (Å²) in [6.45, 7) is 4.24. The van der Waals surface area contributed by atoms with Gasteiger partial charge in [-0.2, -0.15) is 0 Å². The number of amides is 3. The molecule has 3 atom stereocenters. The topological polar surface area (TPSA) is 132 Å². The molecule has 9 nitrogen and oxygen atoms in total. The molecule has 5 rings (SSSR count). The lowest BCUT2D eigenvalue weighted by Gasteiger charge is -2.32. The average molecular weight is 543 g/mol. The molecular formula is C28H35ClN4O5. The number of likely N-dealkylation sites (tertiary alicyclic amines) is 1. The fraction of sp³-hybridized carbons (Fsp3) is 0.571. The molecular weight excluding hydrogens is 508 g/mol. The average Bonchev–Trinajstić information content (AvgIpc) is 3.51. The molecule has 1 spiro atoms. The Morgan fingerprint density at radius 1 is 1.16 bits per heavy atom. The smallest absolute Gasteiger partial charge is 0.326 e. The van der Waals surface area contributed by atoms with Crippen LogP contribution in [-0.2, 0) is 14.4 Å². The highest BCUT2D eigenvalue weighted by Crippen LogP contribution is 2.47. The number of nitrogens with one attached hydrogen (secondary N) is 3. The molecule has 38 heavy (non-hydrogen) atoms. The molecule has 0 radical (unpaired) electrons. The van der Waals surface area contributed by atoms with Gasteiger partial charge in [-0.05, 0) is 69.6 Å². The van der Waals surface area contributed by atoms with E-state index in [1.807, 2.05) is 19.9 Å². The molecule has 2 saturated heterocycles. The third-order valence-electron chi connectivity index (χ3n) is 8.52. The van der Waals surface area contributed by atoms with E-state index in [-0.39, 0.29) is 23.7 Å². The molecule has 1 aromatic carbocycles. The lowest BCUT2D eigenvalue weighted by molar-refractivity contribution is -0.143. The van der Waals surface area contributed by atoms with E-state index in [2.05, 4.69) is 15.6 Å². The largest absolute Gasteiger partial charge is 0.480 e. The van der Waals surface area contributed by atoms with E-state index in [4.69, 9.17) is 11.6 Å². The molecule has 1 saturated carbocycles. The van der Waals surface area contributed by atoms with Crippen molar-refractivity contribution in [3.05, 3.63) is 35.0 Å². The van der Waals surface area contributed by atoms with E-state index < -0.39 is 35.4 Å². The third kappa shape index (κ3) is 5.25. The number of carbonyl (C=O) groups is 4. The van der Waals surface area contributed by atoms with Crippen LogP contribution in [0.4, 0.5) is 0 Å². The van der Waals surface area contributed by atoms with Crippen LogP contribution in [-0.4, -0.2) is 62.8 Å². The van der Waals surface area contributed by atoms with Gasteiger partial charge in [-0.3, -0.25) is 14.4 Å². The van der Waals surface area contributed by atoms with Crippen molar-refractivity contribution in [2.75, 3.05) is 6.54 Å². The number of rotatable bonds is 6. The SMILES string of the molecule is CC1(C)C[C@@H](CC(NC(=O)[C@@H]2CC3(CCCCC3)CN2C(=O)c2cc3ccc(Cl)cc3[nH]2)C(=O)O)C(=O)N1. The van der Waals surface area contributed by atoms with E-state index in [1.165, 1.54) is 0 Å². The number of benzene rings is 1. The van der Waals surface area contributed by atoms with Gasteiger partial charge in [0.15, 0.2) is 0 Å². The Bertz CT molecular complexity index is 1280. The number of hydrogen-bond donors (Lipinski definition) is 4. The lowest BCUT2D eigenvalue weighted by Crippen LogP contribution is -2.51. The molecule has 1 unspecified atom stereocenters. The molecule has 1 aliphatic carbocycles. The normalized spacial score (nSPS) is 24.9. The number of fused-ring (bicyclic) bond motifs is 1. The Labute approximate surface area is 226 Å². The molecule has 3 heterocycles.